The van der Waals surface area contributed by atoms with Gasteiger partial charge in [-0.2, -0.15) is 0 Å². The maximum absolute atomic E-state index is 11.7. The molecule has 4 heteroatoms. The maximum Gasteiger partial charge on any atom is 0.306 e. The molecular weight excluding hydrogens is 250 g/mol. The second-order valence-corrected chi connectivity index (χ2v) is 5.06. The van der Waals surface area contributed by atoms with Crippen molar-refractivity contribution >= 4 is 17.6 Å². The topological polar surface area (TPSA) is 38.3 Å². The van der Waals surface area contributed by atoms with Crippen LogP contribution >= 0.6 is 11.6 Å². The Morgan fingerprint density at radius 2 is 2.06 bits per heavy atom. The number of hydrogen-bond acceptors (Lipinski definition) is 3. The van der Waals surface area contributed by atoms with E-state index in [0.717, 1.165) is 31.5 Å². The summed E-state index contributed by atoms with van der Waals surface area (Å²) in [5.41, 5.74) is 0.859. The highest BCUT2D eigenvalue weighted by Gasteiger charge is 2.17. The van der Waals surface area contributed by atoms with Crippen LogP contribution in [-0.4, -0.2) is 19.1 Å². The van der Waals surface area contributed by atoms with Gasteiger partial charge in [-0.25, -0.2) is 0 Å². The van der Waals surface area contributed by atoms with E-state index in [-0.39, 0.29) is 12.6 Å². The predicted octanol–water partition coefficient (Wildman–Crippen LogP) is 2.77. The van der Waals surface area contributed by atoms with Gasteiger partial charge >= 0.3 is 5.97 Å². The smallest absolute Gasteiger partial charge is 0.306 e. The van der Waals surface area contributed by atoms with Gasteiger partial charge in [-0.15, -0.1) is 0 Å². The second-order valence-electron chi connectivity index (χ2n) is 4.65. The van der Waals surface area contributed by atoms with Crippen LogP contribution in [0.2, 0.25) is 5.02 Å². The lowest BCUT2D eigenvalue weighted by atomic mass is 9.95. The van der Waals surface area contributed by atoms with E-state index in [2.05, 4.69) is 5.32 Å². The molecule has 1 aliphatic rings. The van der Waals surface area contributed by atoms with E-state index < -0.39 is 0 Å². The molecule has 1 N–H and O–H groups in total. The molecule has 2 rings (SSSR count). The van der Waals surface area contributed by atoms with Crippen LogP contribution in [0.4, 0.5) is 0 Å². The van der Waals surface area contributed by atoms with Crippen molar-refractivity contribution in [2.45, 2.75) is 25.9 Å². The molecule has 0 aliphatic carbocycles. The SMILES string of the molecule is O=C(CC1CCNCC1)OCc1ccccc1Cl. The molecule has 0 saturated carbocycles. The molecule has 98 valence electrons. The fourth-order valence-corrected chi connectivity index (χ4v) is 2.34. The largest absolute Gasteiger partial charge is 0.461 e. The number of esters is 1. The van der Waals surface area contributed by atoms with E-state index in [4.69, 9.17) is 16.3 Å². The Morgan fingerprint density at radius 3 is 2.78 bits per heavy atom. The lowest BCUT2D eigenvalue weighted by molar-refractivity contribution is -0.146. The Labute approximate surface area is 112 Å². The van der Waals surface area contributed by atoms with Crippen LogP contribution in [0.25, 0.3) is 0 Å². The molecule has 18 heavy (non-hydrogen) atoms. The van der Waals surface area contributed by atoms with Gasteiger partial charge in [0.15, 0.2) is 0 Å². The number of nitrogens with one attached hydrogen (secondary N) is 1. The van der Waals surface area contributed by atoms with Crippen molar-refractivity contribution in [1.29, 1.82) is 0 Å². The van der Waals surface area contributed by atoms with Crippen LogP contribution in [0.5, 0.6) is 0 Å². The van der Waals surface area contributed by atoms with Crippen LogP contribution < -0.4 is 5.32 Å². The fraction of sp³-hybridized carbons (Fsp3) is 0.500. The zero-order valence-corrected chi connectivity index (χ0v) is 11.1. The van der Waals surface area contributed by atoms with E-state index in [0.29, 0.717) is 17.4 Å². The lowest BCUT2D eigenvalue weighted by Gasteiger charge is -2.21. The van der Waals surface area contributed by atoms with Crippen LogP contribution in [0.1, 0.15) is 24.8 Å². The minimum Gasteiger partial charge on any atom is -0.461 e. The summed E-state index contributed by atoms with van der Waals surface area (Å²) in [6, 6.07) is 7.43. The summed E-state index contributed by atoms with van der Waals surface area (Å²) in [5, 5.41) is 3.93. The van der Waals surface area contributed by atoms with Gasteiger partial charge in [-0.05, 0) is 37.9 Å². The molecule has 0 spiro atoms. The fourth-order valence-electron chi connectivity index (χ4n) is 2.15. The molecule has 1 heterocycles. The second kappa shape index (κ2) is 6.76. The molecule has 1 fully saturated rings. The average molecular weight is 268 g/mol. The van der Waals surface area contributed by atoms with Gasteiger partial charge in [0.05, 0.1) is 0 Å². The van der Waals surface area contributed by atoms with Crippen LogP contribution in [0.3, 0.4) is 0 Å². The summed E-state index contributed by atoms with van der Waals surface area (Å²) in [6.07, 6.45) is 2.63. The highest BCUT2D eigenvalue weighted by molar-refractivity contribution is 6.31. The molecule has 3 nitrogen and oxygen atoms in total. The number of hydrogen-bond donors (Lipinski definition) is 1. The Kier molecular flexibility index (Phi) is 5.02. The van der Waals surface area contributed by atoms with Gasteiger partial charge in [0.2, 0.25) is 0 Å². The predicted molar refractivity (Wildman–Crippen MR) is 71.5 cm³/mol. The molecule has 0 bridgehead atoms. The summed E-state index contributed by atoms with van der Waals surface area (Å²) in [7, 11) is 0. The highest BCUT2D eigenvalue weighted by Crippen LogP contribution is 2.19. The molecule has 0 radical (unpaired) electrons. The minimum absolute atomic E-state index is 0.123. The summed E-state index contributed by atoms with van der Waals surface area (Å²) in [5.74, 6) is 0.340. The van der Waals surface area contributed by atoms with Crippen molar-refractivity contribution in [3.8, 4) is 0 Å². The minimum atomic E-state index is -0.123. The highest BCUT2D eigenvalue weighted by atomic mass is 35.5. The Balaban J connectivity index is 1.76. The third-order valence-corrected chi connectivity index (χ3v) is 3.63. The maximum atomic E-state index is 11.7. The summed E-state index contributed by atoms with van der Waals surface area (Å²) >= 11 is 6.00. The van der Waals surface area contributed by atoms with Crippen molar-refractivity contribution in [3.05, 3.63) is 34.9 Å². The lowest BCUT2D eigenvalue weighted by Crippen LogP contribution is -2.29. The summed E-state index contributed by atoms with van der Waals surface area (Å²) < 4.78 is 5.27. The number of carbonyl (C=O) groups excluding carboxylic acids is 1. The number of carbonyl (C=O) groups is 1. The Morgan fingerprint density at radius 1 is 1.33 bits per heavy atom. The molecule has 0 unspecified atom stereocenters. The third-order valence-electron chi connectivity index (χ3n) is 3.26. The summed E-state index contributed by atoms with van der Waals surface area (Å²) in [4.78, 5) is 11.7. The van der Waals surface area contributed by atoms with Crippen molar-refractivity contribution in [3.63, 3.8) is 0 Å². The molecular formula is C14H18ClNO2. The van der Waals surface area contributed by atoms with E-state index in [9.17, 15) is 4.79 Å². The number of ether oxygens (including phenoxy) is 1. The van der Waals surface area contributed by atoms with E-state index in [1.807, 2.05) is 18.2 Å². The average Bonchev–Trinajstić information content (AvgIpc) is 2.39. The number of piperidine rings is 1. The number of rotatable bonds is 4. The van der Waals surface area contributed by atoms with Crippen LogP contribution in [-0.2, 0) is 16.1 Å². The van der Waals surface area contributed by atoms with Gasteiger partial charge in [0.1, 0.15) is 6.61 Å². The van der Waals surface area contributed by atoms with Gasteiger partial charge in [0.25, 0.3) is 0 Å². The molecule has 1 aromatic carbocycles. The van der Waals surface area contributed by atoms with Gasteiger partial charge < -0.3 is 10.1 Å². The molecule has 1 aliphatic heterocycles. The third kappa shape index (κ3) is 4.00. The van der Waals surface area contributed by atoms with Crippen LogP contribution in [0.15, 0.2) is 24.3 Å². The van der Waals surface area contributed by atoms with Gasteiger partial charge in [-0.3, -0.25) is 4.79 Å². The number of benzene rings is 1. The first-order chi connectivity index (χ1) is 8.75. The van der Waals surface area contributed by atoms with Crippen molar-refractivity contribution in [2.75, 3.05) is 13.1 Å². The molecule has 1 saturated heterocycles. The molecule has 1 aromatic rings. The van der Waals surface area contributed by atoms with Gasteiger partial charge in [-0.1, -0.05) is 29.8 Å². The normalized spacial score (nSPS) is 16.5. The van der Waals surface area contributed by atoms with E-state index in [1.54, 1.807) is 6.07 Å². The van der Waals surface area contributed by atoms with Crippen molar-refractivity contribution in [2.24, 2.45) is 5.92 Å². The van der Waals surface area contributed by atoms with E-state index >= 15 is 0 Å². The quantitative estimate of drug-likeness (QED) is 0.853. The van der Waals surface area contributed by atoms with Crippen LogP contribution in [0, 0.1) is 5.92 Å². The molecule has 0 aromatic heterocycles. The first-order valence-electron chi connectivity index (χ1n) is 6.35. The standard InChI is InChI=1S/C14H18ClNO2/c15-13-4-2-1-3-12(13)10-18-14(17)9-11-5-7-16-8-6-11/h1-4,11,16H,5-10H2. The Bertz CT molecular complexity index is 403. The first-order valence-corrected chi connectivity index (χ1v) is 6.73. The zero-order chi connectivity index (χ0) is 12.8. The first kappa shape index (κ1) is 13.4. The Hall–Kier alpha value is -1.06. The zero-order valence-electron chi connectivity index (χ0n) is 10.3. The number of halogens is 1. The van der Waals surface area contributed by atoms with E-state index in [1.165, 1.54) is 0 Å². The molecule has 0 atom stereocenters. The summed E-state index contributed by atoms with van der Waals surface area (Å²) in [6.45, 7) is 2.27. The molecule has 0 amide bonds. The van der Waals surface area contributed by atoms with Crippen molar-refractivity contribution < 1.29 is 9.53 Å². The van der Waals surface area contributed by atoms with Gasteiger partial charge in [0, 0.05) is 17.0 Å². The van der Waals surface area contributed by atoms with Crippen molar-refractivity contribution in [1.82, 2.24) is 5.32 Å². The monoisotopic (exact) mass is 267 g/mol.